The highest BCUT2D eigenvalue weighted by Gasteiger charge is 2.57. The molecule has 0 fully saturated rings. The van der Waals surface area contributed by atoms with Crippen LogP contribution in [0.2, 0.25) is 0 Å². The number of carbonyl (C=O) groups excluding carboxylic acids is 1. The number of hydrogen-bond acceptors (Lipinski definition) is 5. The highest BCUT2D eigenvalue weighted by Crippen LogP contribution is 2.14. The molecule has 0 spiro atoms. The maximum absolute atomic E-state index is 12.9. The Labute approximate surface area is 74.5 Å². The van der Waals surface area contributed by atoms with E-state index in [1.54, 1.807) is 0 Å². The summed E-state index contributed by atoms with van der Waals surface area (Å²) < 4.78 is 15.9. The number of carboxylic acids is 2. The number of esters is 1. The summed E-state index contributed by atoms with van der Waals surface area (Å²) in [5.41, 5.74) is -4.42. The lowest BCUT2D eigenvalue weighted by atomic mass is 10.1. The van der Waals surface area contributed by atoms with Gasteiger partial charge < -0.3 is 20.1 Å². The summed E-state index contributed by atoms with van der Waals surface area (Å²) in [5.74, 6) is -7.88. The van der Waals surface area contributed by atoms with Crippen LogP contribution < -0.4 is 0 Å². The fraction of sp³-hybridized carbons (Fsp3) is 0.200. The maximum Gasteiger partial charge on any atom is 0.513 e. The third kappa shape index (κ3) is 1.94. The fourth-order valence-corrected chi connectivity index (χ4v) is 0.416. The molecular formula is C5H3FO8. The maximum atomic E-state index is 12.9. The molecule has 0 amide bonds. The molecule has 0 aromatic rings. The largest absolute Gasteiger partial charge is 0.513 e. The van der Waals surface area contributed by atoms with E-state index in [1.807, 2.05) is 0 Å². The average Bonchev–Trinajstić information content (AvgIpc) is 2.00. The van der Waals surface area contributed by atoms with Crippen LogP contribution >= 0.6 is 0 Å². The van der Waals surface area contributed by atoms with E-state index >= 15 is 0 Å². The summed E-state index contributed by atoms with van der Waals surface area (Å²) in [4.78, 5) is 40.2. The van der Waals surface area contributed by atoms with Crippen LogP contribution in [0.25, 0.3) is 0 Å². The first-order valence-electron chi connectivity index (χ1n) is 2.83. The molecule has 0 heterocycles. The lowest BCUT2D eigenvalue weighted by molar-refractivity contribution is -0.178. The molecule has 0 rings (SSSR count). The van der Waals surface area contributed by atoms with Gasteiger partial charge in [-0.15, -0.1) is 0 Å². The third-order valence-electron chi connectivity index (χ3n) is 1.05. The Morgan fingerprint density at radius 1 is 1.00 bits per heavy atom. The number of carbonyl (C=O) groups is 4. The Morgan fingerprint density at radius 3 is 1.57 bits per heavy atom. The van der Waals surface area contributed by atoms with Crippen molar-refractivity contribution in [2.24, 2.45) is 0 Å². The monoisotopic (exact) mass is 210 g/mol. The van der Waals surface area contributed by atoms with Crippen molar-refractivity contribution in [2.45, 2.75) is 5.67 Å². The molecule has 0 bridgehead atoms. The number of hydrogen-bond donors (Lipinski definition) is 3. The normalized spacial score (nSPS) is 10.4. The summed E-state index contributed by atoms with van der Waals surface area (Å²) in [6, 6.07) is 0. The molecule has 0 aromatic carbocycles. The molecule has 0 radical (unpaired) electrons. The molecule has 3 N–H and O–H groups in total. The SMILES string of the molecule is O=C(O)OC(=O)C(F)(C(=O)O)C(=O)O. The highest BCUT2D eigenvalue weighted by molar-refractivity contribution is 6.21. The van der Waals surface area contributed by atoms with Gasteiger partial charge in [-0.1, -0.05) is 0 Å². The van der Waals surface area contributed by atoms with Crippen LogP contribution in [-0.4, -0.2) is 45.1 Å². The van der Waals surface area contributed by atoms with Crippen molar-refractivity contribution in [3.8, 4) is 0 Å². The van der Waals surface area contributed by atoms with Crippen molar-refractivity contribution in [3.05, 3.63) is 0 Å². The smallest absolute Gasteiger partial charge is 0.478 e. The minimum Gasteiger partial charge on any atom is -0.478 e. The van der Waals surface area contributed by atoms with E-state index in [2.05, 4.69) is 4.74 Å². The minimum atomic E-state index is -4.42. The van der Waals surface area contributed by atoms with Crippen LogP contribution in [0.15, 0.2) is 0 Å². The zero-order valence-electron chi connectivity index (χ0n) is 6.26. The Balaban J connectivity index is 5.03. The number of alkyl halides is 1. The minimum absolute atomic E-state index is 2.31. The van der Waals surface area contributed by atoms with Gasteiger partial charge in [-0.3, -0.25) is 0 Å². The third-order valence-corrected chi connectivity index (χ3v) is 1.05. The van der Waals surface area contributed by atoms with E-state index in [-0.39, 0.29) is 0 Å². The van der Waals surface area contributed by atoms with E-state index in [0.717, 1.165) is 0 Å². The van der Waals surface area contributed by atoms with Crippen molar-refractivity contribution in [3.63, 3.8) is 0 Å². The first-order chi connectivity index (χ1) is 6.22. The Bertz CT molecular complexity index is 293. The summed E-state index contributed by atoms with van der Waals surface area (Å²) in [5, 5.41) is 23.9. The van der Waals surface area contributed by atoms with Gasteiger partial charge in [-0.25, -0.2) is 23.6 Å². The van der Waals surface area contributed by atoms with Gasteiger partial charge in [0.1, 0.15) is 0 Å². The Kier molecular flexibility index (Phi) is 3.11. The molecule has 0 aliphatic rings. The van der Waals surface area contributed by atoms with Gasteiger partial charge in [0, 0.05) is 0 Å². The summed E-state index contributed by atoms with van der Waals surface area (Å²) in [6.07, 6.45) is -2.31. The van der Waals surface area contributed by atoms with Crippen molar-refractivity contribution in [1.82, 2.24) is 0 Å². The molecule has 14 heavy (non-hydrogen) atoms. The molecule has 78 valence electrons. The number of carboxylic acid groups (broad SMARTS) is 3. The van der Waals surface area contributed by atoms with Gasteiger partial charge in [-0.05, 0) is 0 Å². The average molecular weight is 210 g/mol. The van der Waals surface area contributed by atoms with Crippen molar-refractivity contribution in [1.29, 1.82) is 0 Å². The highest BCUT2D eigenvalue weighted by atomic mass is 19.1. The van der Waals surface area contributed by atoms with Crippen LogP contribution in [0.1, 0.15) is 0 Å². The van der Waals surface area contributed by atoms with Crippen molar-refractivity contribution in [2.75, 3.05) is 0 Å². The summed E-state index contributed by atoms with van der Waals surface area (Å²) in [7, 11) is 0. The molecule has 0 saturated heterocycles. The second-order valence-electron chi connectivity index (χ2n) is 1.92. The zero-order chi connectivity index (χ0) is 11.5. The summed E-state index contributed by atoms with van der Waals surface area (Å²) >= 11 is 0. The molecule has 0 saturated carbocycles. The topological polar surface area (TPSA) is 138 Å². The number of aliphatic carboxylic acids is 2. The predicted octanol–water partition coefficient (Wildman–Crippen LogP) is -0.915. The van der Waals surface area contributed by atoms with Gasteiger partial charge in [0.15, 0.2) is 0 Å². The molecular weight excluding hydrogens is 207 g/mol. The van der Waals surface area contributed by atoms with Crippen LogP contribution in [0, 0.1) is 0 Å². The zero-order valence-corrected chi connectivity index (χ0v) is 6.26. The van der Waals surface area contributed by atoms with Crippen LogP contribution in [-0.2, 0) is 19.1 Å². The fourth-order valence-electron chi connectivity index (χ4n) is 0.416. The van der Waals surface area contributed by atoms with Crippen LogP contribution in [0.4, 0.5) is 9.18 Å². The second-order valence-corrected chi connectivity index (χ2v) is 1.92. The molecule has 0 aromatic heterocycles. The molecule has 8 nitrogen and oxygen atoms in total. The molecule has 0 aliphatic heterocycles. The van der Waals surface area contributed by atoms with E-state index in [9.17, 15) is 23.6 Å². The predicted molar refractivity (Wildman–Crippen MR) is 33.2 cm³/mol. The molecule has 0 unspecified atom stereocenters. The lowest BCUT2D eigenvalue weighted by Gasteiger charge is -2.11. The van der Waals surface area contributed by atoms with E-state index in [4.69, 9.17) is 15.3 Å². The standard InChI is InChI=1S/C5H3FO8/c6-5(1(7)8,2(9)10)3(11)14-4(12)13/h(H,7,8)(H,9,10)(H,12,13). The van der Waals surface area contributed by atoms with Crippen LogP contribution in [0.5, 0.6) is 0 Å². The van der Waals surface area contributed by atoms with E-state index in [1.165, 1.54) is 0 Å². The molecule has 0 aliphatic carbocycles. The quantitative estimate of drug-likeness (QED) is 0.401. The summed E-state index contributed by atoms with van der Waals surface area (Å²) in [6.45, 7) is 0. The first-order valence-corrected chi connectivity index (χ1v) is 2.83. The van der Waals surface area contributed by atoms with Crippen molar-refractivity contribution < 1.29 is 43.6 Å². The van der Waals surface area contributed by atoms with Gasteiger partial charge in [0.25, 0.3) is 0 Å². The number of ether oxygens (including phenoxy) is 1. The van der Waals surface area contributed by atoms with Gasteiger partial charge in [-0.2, -0.15) is 0 Å². The van der Waals surface area contributed by atoms with Crippen LogP contribution in [0.3, 0.4) is 0 Å². The number of halogens is 1. The van der Waals surface area contributed by atoms with E-state index in [0.29, 0.717) is 0 Å². The lowest BCUT2D eigenvalue weighted by Crippen LogP contribution is -2.51. The van der Waals surface area contributed by atoms with Gasteiger partial charge in [0.05, 0.1) is 0 Å². The van der Waals surface area contributed by atoms with E-state index < -0.39 is 29.7 Å². The Hall–Kier alpha value is -2.19. The van der Waals surface area contributed by atoms with Gasteiger partial charge >= 0.3 is 29.7 Å². The molecule has 9 heteroatoms. The van der Waals surface area contributed by atoms with Gasteiger partial charge in [0.2, 0.25) is 0 Å². The number of rotatable bonds is 3. The second kappa shape index (κ2) is 3.68. The van der Waals surface area contributed by atoms with Crippen molar-refractivity contribution >= 4 is 24.1 Å². The first kappa shape index (κ1) is 11.8. The molecule has 0 atom stereocenters. The Morgan fingerprint density at radius 2 is 1.36 bits per heavy atom.